The molecule has 1 rings (SSSR count). The van der Waals surface area contributed by atoms with E-state index in [0.717, 1.165) is 25.7 Å². The maximum Gasteiger partial charge on any atom is 0.237 e. The molecule has 0 aromatic heterocycles. The summed E-state index contributed by atoms with van der Waals surface area (Å²) in [6.07, 6.45) is 3.94. The van der Waals surface area contributed by atoms with Gasteiger partial charge in [0.15, 0.2) is 0 Å². The van der Waals surface area contributed by atoms with Crippen molar-refractivity contribution in [3.8, 4) is 0 Å². The van der Waals surface area contributed by atoms with Crippen molar-refractivity contribution in [1.82, 2.24) is 10.6 Å². The lowest BCUT2D eigenvalue weighted by Gasteiger charge is -2.43. The Morgan fingerprint density at radius 3 is 2.41 bits per heavy atom. The van der Waals surface area contributed by atoms with Crippen molar-refractivity contribution in [2.75, 3.05) is 6.61 Å². The van der Waals surface area contributed by atoms with Crippen molar-refractivity contribution in [1.29, 1.82) is 0 Å². The van der Waals surface area contributed by atoms with Crippen LogP contribution in [0.3, 0.4) is 0 Å². The molecule has 1 atom stereocenters. The summed E-state index contributed by atoms with van der Waals surface area (Å²) in [5, 5.41) is 15.6. The van der Waals surface area contributed by atoms with E-state index in [1.165, 1.54) is 0 Å². The molecule has 17 heavy (non-hydrogen) atoms. The summed E-state index contributed by atoms with van der Waals surface area (Å²) in [7, 11) is 0. The molecule has 0 spiro atoms. The van der Waals surface area contributed by atoms with Gasteiger partial charge in [-0.1, -0.05) is 6.92 Å². The van der Waals surface area contributed by atoms with Gasteiger partial charge in [-0.2, -0.15) is 0 Å². The van der Waals surface area contributed by atoms with Crippen LogP contribution in [0.2, 0.25) is 0 Å². The van der Waals surface area contributed by atoms with Gasteiger partial charge in [-0.25, -0.2) is 0 Å². The molecule has 1 fully saturated rings. The van der Waals surface area contributed by atoms with E-state index < -0.39 is 0 Å². The van der Waals surface area contributed by atoms with Crippen molar-refractivity contribution in [2.45, 2.75) is 70.5 Å². The van der Waals surface area contributed by atoms with Gasteiger partial charge in [-0.05, 0) is 46.5 Å². The molecule has 1 saturated carbocycles. The first-order valence-corrected chi connectivity index (χ1v) is 6.55. The smallest absolute Gasteiger partial charge is 0.237 e. The molecule has 0 aliphatic heterocycles. The Morgan fingerprint density at radius 2 is 2.06 bits per heavy atom. The van der Waals surface area contributed by atoms with E-state index in [1.807, 2.05) is 20.8 Å². The van der Waals surface area contributed by atoms with Crippen molar-refractivity contribution >= 4 is 5.91 Å². The molecule has 1 amide bonds. The minimum absolute atomic E-state index is 0.0107. The highest BCUT2D eigenvalue weighted by atomic mass is 16.3. The predicted molar refractivity (Wildman–Crippen MR) is 68.8 cm³/mol. The van der Waals surface area contributed by atoms with E-state index in [9.17, 15) is 9.90 Å². The van der Waals surface area contributed by atoms with Gasteiger partial charge in [0.1, 0.15) is 0 Å². The monoisotopic (exact) mass is 242 g/mol. The van der Waals surface area contributed by atoms with E-state index in [2.05, 4.69) is 17.6 Å². The topological polar surface area (TPSA) is 61.4 Å². The van der Waals surface area contributed by atoms with Gasteiger partial charge in [0, 0.05) is 11.1 Å². The molecule has 0 radical (unpaired) electrons. The number of amides is 1. The standard InChI is InChI=1S/C13H26N2O2/c1-5-12(3,4)15-11(17)10(2)14-13(9-16)7-6-8-13/h10,14,16H,5-9H2,1-4H3,(H,15,17). The summed E-state index contributed by atoms with van der Waals surface area (Å²) in [4.78, 5) is 12.0. The SMILES string of the molecule is CCC(C)(C)NC(=O)C(C)NC1(CO)CCC1. The zero-order valence-corrected chi connectivity index (χ0v) is 11.5. The van der Waals surface area contributed by atoms with Crippen LogP contribution < -0.4 is 10.6 Å². The number of aliphatic hydroxyl groups is 1. The van der Waals surface area contributed by atoms with Crippen LogP contribution in [0.25, 0.3) is 0 Å². The Labute approximate surface area is 104 Å². The Bertz CT molecular complexity index is 267. The molecule has 100 valence electrons. The van der Waals surface area contributed by atoms with Crippen LogP contribution in [0.4, 0.5) is 0 Å². The van der Waals surface area contributed by atoms with Crippen LogP contribution in [0.15, 0.2) is 0 Å². The molecule has 0 saturated heterocycles. The Balaban J connectivity index is 2.47. The average Bonchev–Trinajstić information content (AvgIpc) is 2.22. The van der Waals surface area contributed by atoms with Gasteiger partial charge < -0.3 is 10.4 Å². The van der Waals surface area contributed by atoms with Crippen LogP contribution >= 0.6 is 0 Å². The summed E-state index contributed by atoms with van der Waals surface area (Å²) in [5.41, 5.74) is -0.383. The maximum atomic E-state index is 12.0. The third kappa shape index (κ3) is 3.68. The first-order valence-electron chi connectivity index (χ1n) is 6.55. The highest BCUT2D eigenvalue weighted by molar-refractivity contribution is 5.82. The van der Waals surface area contributed by atoms with Crippen molar-refractivity contribution in [3.63, 3.8) is 0 Å². The van der Waals surface area contributed by atoms with Crippen molar-refractivity contribution in [2.24, 2.45) is 0 Å². The fourth-order valence-corrected chi connectivity index (χ4v) is 2.01. The Kier molecular flexibility index (Phi) is 4.55. The molecule has 1 unspecified atom stereocenters. The minimum Gasteiger partial charge on any atom is -0.394 e. The molecule has 0 bridgehead atoms. The number of hydrogen-bond donors (Lipinski definition) is 3. The Morgan fingerprint density at radius 1 is 1.47 bits per heavy atom. The molecule has 1 aliphatic carbocycles. The molecular formula is C13H26N2O2. The first kappa shape index (κ1) is 14.5. The van der Waals surface area contributed by atoms with Crippen LogP contribution in [-0.4, -0.2) is 34.7 Å². The summed E-state index contributed by atoms with van der Waals surface area (Å²) in [6, 6.07) is -0.256. The number of hydrogen-bond acceptors (Lipinski definition) is 3. The van der Waals surface area contributed by atoms with Crippen LogP contribution in [0.1, 0.15) is 53.4 Å². The highest BCUT2D eigenvalue weighted by Gasteiger charge is 2.38. The third-order valence-electron chi connectivity index (χ3n) is 3.87. The van der Waals surface area contributed by atoms with E-state index in [0.29, 0.717) is 0 Å². The second-order valence-electron chi connectivity index (χ2n) is 5.88. The second-order valence-corrected chi connectivity index (χ2v) is 5.88. The van der Waals surface area contributed by atoms with Gasteiger partial charge in [-0.3, -0.25) is 10.1 Å². The molecule has 4 heteroatoms. The molecule has 1 aliphatic rings. The van der Waals surface area contributed by atoms with Gasteiger partial charge >= 0.3 is 0 Å². The minimum atomic E-state index is -0.256. The van der Waals surface area contributed by atoms with Crippen LogP contribution in [-0.2, 0) is 4.79 Å². The third-order valence-corrected chi connectivity index (χ3v) is 3.87. The van der Waals surface area contributed by atoms with Crippen LogP contribution in [0.5, 0.6) is 0 Å². The lowest BCUT2D eigenvalue weighted by Crippen LogP contribution is -2.61. The first-order chi connectivity index (χ1) is 7.84. The average molecular weight is 242 g/mol. The van der Waals surface area contributed by atoms with Gasteiger partial charge in [0.25, 0.3) is 0 Å². The quantitative estimate of drug-likeness (QED) is 0.655. The molecule has 0 aromatic rings. The number of aliphatic hydroxyl groups excluding tert-OH is 1. The summed E-state index contributed by atoms with van der Waals surface area (Å²) in [5.74, 6) is 0.0107. The summed E-state index contributed by atoms with van der Waals surface area (Å²) >= 11 is 0. The largest absolute Gasteiger partial charge is 0.394 e. The fourth-order valence-electron chi connectivity index (χ4n) is 2.01. The zero-order valence-electron chi connectivity index (χ0n) is 11.5. The normalized spacial score (nSPS) is 20.5. The van der Waals surface area contributed by atoms with Gasteiger partial charge in [-0.15, -0.1) is 0 Å². The van der Waals surface area contributed by atoms with Gasteiger partial charge in [0.2, 0.25) is 5.91 Å². The number of rotatable bonds is 6. The van der Waals surface area contributed by atoms with Crippen molar-refractivity contribution in [3.05, 3.63) is 0 Å². The Hall–Kier alpha value is -0.610. The molecule has 0 heterocycles. The number of nitrogens with one attached hydrogen (secondary N) is 2. The van der Waals surface area contributed by atoms with Gasteiger partial charge in [0.05, 0.1) is 12.6 Å². The van der Waals surface area contributed by atoms with E-state index >= 15 is 0 Å². The lowest BCUT2D eigenvalue weighted by atomic mass is 9.77. The maximum absolute atomic E-state index is 12.0. The highest BCUT2D eigenvalue weighted by Crippen LogP contribution is 2.31. The molecule has 0 aromatic carbocycles. The summed E-state index contributed by atoms with van der Waals surface area (Å²) in [6.45, 7) is 8.06. The lowest BCUT2D eigenvalue weighted by molar-refractivity contribution is -0.125. The molecule has 3 N–H and O–H groups in total. The van der Waals surface area contributed by atoms with E-state index in [4.69, 9.17) is 0 Å². The number of carbonyl (C=O) groups excluding carboxylic acids is 1. The fraction of sp³-hybridized carbons (Fsp3) is 0.923. The molecule has 4 nitrogen and oxygen atoms in total. The zero-order chi connectivity index (χ0) is 13.1. The van der Waals surface area contributed by atoms with Crippen molar-refractivity contribution < 1.29 is 9.90 Å². The summed E-state index contributed by atoms with van der Waals surface area (Å²) < 4.78 is 0. The van der Waals surface area contributed by atoms with Crippen LogP contribution in [0, 0.1) is 0 Å². The molecular weight excluding hydrogens is 216 g/mol. The predicted octanol–water partition coefficient (Wildman–Crippen LogP) is 1.18. The van der Waals surface area contributed by atoms with E-state index in [1.54, 1.807) is 0 Å². The second kappa shape index (κ2) is 5.36. The number of carbonyl (C=O) groups is 1. The van der Waals surface area contributed by atoms with E-state index in [-0.39, 0.29) is 29.6 Å².